The molecule has 1 aliphatic heterocycles. The monoisotopic (exact) mass is 455 g/mol. The molecule has 0 bridgehead atoms. The lowest BCUT2D eigenvalue weighted by atomic mass is 10.1. The van der Waals surface area contributed by atoms with Gasteiger partial charge in [-0.15, -0.1) is 6.42 Å². The fraction of sp³-hybridized carbons (Fsp3) is 0.280. The van der Waals surface area contributed by atoms with Crippen molar-refractivity contribution in [3.8, 4) is 12.3 Å². The normalized spacial score (nSPS) is 14.3. The van der Waals surface area contributed by atoms with E-state index < -0.39 is 0 Å². The van der Waals surface area contributed by atoms with E-state index in [1.807, 2.05) is 12.1 Å². The highest BCUT2D eigenvalue weighted by atomic mass is 16.3. The van der Waals surface area contributed by atoms with Crippen LogP contribution in [-0.4, -0.2) is 57.6 Å². The van der Waals surface area contributed by atoms with Crippen LogP contribution in [0.1, 0.15) is 16.9 Å². The summed E-state index contributed by atoms with van der Waals surface area (Å²) in [5, 5.41) is 3.87. The highest BCUT2D eigenvalue weighted by Crippen LogP contribution is 2.23. The number of piperazine rings is 1. The summed E-state index contributed by atoms with van der Waals surface area (Å²) < 4.78 is 6.89. The fourth-order valence-electron chi connectivity index (χ4n) is 4.18. The van der Waals surface area contributed by atoms with Gasteiger partial charge in [-0.1, -0.05) is 5.92 Å². The van der Waals surface area contributed by atoms with Crippen LogP contribution in [0.2, 0.25) is 0 Å². The van der Waals surface area contributed by atoms with E-state index in [0.29, 0.717) is 33.9 Å². The average molecular weight is 456 g/mol. The smallest absolute Gasteiger partial charge is 0.256 e. The second kappa shape index (κ2) is 9.00. The van der Waals surface area contributed by atoms with Gasteiger partial charge in [0.2, 0.25) is 5.95 Å². The Morgan fingerprint density at radius 3 is 2.59 bits per heavy atom. The van der Waals surface area contributed by atoms with Crippen molar-refractivity contribution in [2.45, 2.75) is 13.5 Å². The third kappa shape index (κ3) is 4.11. The van der Waals surface area contributed by atoms with Gasteiger partial charge < -0.3 is 19.5 Å². The molecule has 0 unspecified atom stereocenters. The molecule has 0 aliphatic carbocycles. The number of rotatable bonds is 5. The molecule has 0 saturated carbocycles. The summed E-state index contributed by atoms with van der Waals surface area (Å²) in [6.07, 6.45) is 10.3. The second-order valence-corrected chi connectivity index (χ2v) is 8.40. The number of hydrogen-bond acceptors (Lipinski definition) is 8. The Kier molecular flexibility index (Phi) is 5.74. The molecule has 1 N–H and O–H groups in total. The first-order chi connectivity index (χ1) is 16.5. The van der Waals surface area contributed by atoms with Gasteiger partial charge in [-0.3, -0.25) is 9.36 Å². The van der Waals surface area contributed by atoms with E-state index in [2.05, 4.69) is 55.2 Å². The van der Waals surface area contributed by atoms with E-state index in [1.165, 1.54) is 16.6 Å². The fourth-order valence-corrected chi connectivity index (χ4v) is 4.18. The van der Waals surface area contributed by atoms with E-state index in [-0.39, 0.29) is 12.1 Å². The predicted molar refractivity (Wildman–Crippen MR) is 132 cm³/mol. The van der Waals surface area contributed by atoms with Crippen LogP contribution in [-0.2, 0) is 6.54 Å². The van der Waals surface area contributed by atoms with Gasteiger partial charge in [0.15, 0.2) is 6.39 Å². The Bertz CT molecular complexity index is 1410. The Labute approximate surface area is 197 Å². The zero-order chi connectivity index (χ0) is 23.7. The SMILES string of the molecule is C#Cc1c(C)c(=O)n(Cc2cnco2)c2nc(Nc3ccc(N4CCN(C)CC4)cc3)ncc12. The molecule has 9 nitrogen and oxygen atoms in total. The van der Waals surface area contributed by atoms with Crippen LogP contribution in [0, 0.1) is 19.3 Å². The quantitative estimate of drug-likeness (QED) is 0.459. The first-order valence-electron chi connectivity index (χ1n) is 11.1. The number of aromatic nitrogens is 4. The van der Waals surface area contributed by atoms with Crippen LogP contribution < -0.4 is 15.8 Å². The van der Waals surface area contributed by atoms with Crippen LogP contribution >= 0.6 is 0 Å². The zero-order valence-corrected chi connectivity index (χ0v) is 19.2. The van der Waals surface area contributed by atoms with E-state index in [1.54, 1.807) is 19.3 Å². The molecule has 1 aromatic carbocycles. The maximum absolute atomic E-state index is 13.1. The molecule has 5 rings (SSSR count). The number of oxazole rings is 1. The van der Waals surface area contributed by atoms with Gasteiger partial charge in [-0.25, -0.2) is 9.97 Å². The molecule has 34 heavy (non-hydrogen) atoms. The van der Waals surface area contributed by atoms with Crippen LogP contribution in [0.5, 0.6) is 0 Å². The van der Waals surface area contributed by atoms with Crippen molar-refractivity contribution in [1.82, 2.24) is 24.4 Å². The van der Waals surface area contributed by atoms with E-state index in [9.17, 15) is 4.79 Å². The van der Waals surface area contributed by atoms with Crippen molar-refractivity contribution in [2.24, 2.45) is 0 Å². The van der Waals surface area contributed by atoms with Crippen LogP contribution in [0.3, 0.4) is 0 Å². The topological polar surface area (TPSA) is 92.3 Å². The number of anilines is 3. The summed E-state index contributed by atoms with van der Waals surface area (Å²) in [4.78, 5) is 30.8. The molecule has 3 aromatic heterocycles. The lowest BCUT2D eigenvalue weighted by molar-refractivity contribution is 0.313. The van der Waals surface area contributed by atoms with E-state index in [0.717, 1.165) is 31.9 Å². The molecule has 0 atom stereocenters. The largest absolute Gasteiger partial charge is 0.447 e. The molecule has 172 valence electrons. The zero-order valence-electron chi connectivity index (χ0n) is 19.2. The molecule has 0 spiro atoms. The van der Waals surface area contributed by atoms with E-state index in [4.69, 9.17) is 10.8 Å². The number of nitrogens with zero attached hydrogens (tertiary/aromatic N) is 6. The molecule has 9 heteroatoms. The summed E-state index contributed by atoms with van der Waals surface area (Å²) in [5.41, 5.74) is 3.22. The van der Waals surface area contributed by atoms with Gasteiger partial charge in [0.1, 0.15) is 11.4 Å². The van der Waals surface area contributed by atoms with Crippen molar-refractivity contribution >= 4 is 28.4 Å². The van der Waals surface area contributed by atoms with Crippen molar-refractivity contribution in [3.63, 3.8) is 0 Å². The molecule has 1 fully saturated rings. The third-order valence-corrected chi connectivity index (χ3v) is 6.17. The van der Waals surface area contributed by atoms with Gasteiger partial charge in [-0.2, -0.15) is 4.98 Å². The van der Waals surface area contributed by atoms with Crippen molar-refractivity contribution in [2.75, 3.05) is 43.4 Å². The van der Waals surface area contributed by atoms with Gasteiger partial charge in [-0.05, 0) is 38.2 Å². The minimum Gasteiger partial charge on any atom is -0.447 e. The number of nitrogens with one attached hydrogen (secondary N) is 1. The summed E-state index contributed by atoms with van der Waals surface area (Å²) in [6.45, 7) is 6.03. The second-order valence-electron chi connectivity index (χ2n) is 8.40. The highest BCUT2D eigenvalue weighted by Gasteiger charge is 2.17. The number of fused-ring (bicyclic) bond motifs is 1. The first-order valence-corrected chi connectivity index (χ1v) is 11.1. The molecular weight excluding hydrogens is 430 g/mol. The van der Waals surface area contributed by atoms with Crippen molar-refractivity contribution in [3.05, 3.63) is 70.3 Å². The Morgan fingerprint density at radius 1 is 1.15 bits per heavy atom. The van der Waals surface area contributed by atoms with Crippen LogP contribution in [0.4, 0.5) is 17.3 Å². The van der Waals surface area contributed by atoms with Crippen LogP contribution in [0.15, 0.2) is 52.3 Å². The molecule has 0 radical (unpaired) electrons. The minimum atomic E-state index is -0.224. The molecule has 1 aliphatic rings. The standard InChI is InChI=1S/C25H25N7O2/c1-4-21-17(2)24(33)32(15-20-13-26-16-34-20)23-22(21)14-27-25(29-23)28-18-5-7-19(8-6-18)31-11-9-30(3)10-12-31/h1,5-8,13-14,16H,9-12,15H2,2-3H3,(H,27,28,29). The Balaban J connectivity index is 1.47. The molecular formula is C25H25N7O2. The number of likely N-dealkylation sites (N-methyl/N-ethyl adjacent to an activating group) is 1. The molecule has 1 saturated heterocycles. The third-order valence-electron chi connectivity index (χ3n) is 6.17. The molecule has 0 amide bonds. The van der Waals surface area contributed by atoms with Crippen molar-refractivity contribution < 1.29 is 4.42 Å². The Morgan fingerprint density at radius 2 is 1.91 bits per heavy atom. The first kappa shape index (κ1) is 21.7. The number of hydrogen-bond donors (Lipinski definition) is 1. The lowest BCUT2D eigenvalue weighted by Crippen LogP contribution is -2.44. The average Bonchev–Trinajstić information content (AvgIpc) is 3.37. The summed E-state index contributed by atoms with van der Waals surface area (Å²) in [7, 11) is 2.15. The Hall–Kier alpha value is -4.16. The lowest BCUT2D eigenvalue weighted by Gasteiger charge is -2.34. The van der Waals surface area contributed by atoms with E-state index >= 15 is 0 Å². The number of benzene rings is 1. The number of terminal acetylenes is 1. The number of pyridine rings is 1. The summed E-state index contributed by atoms with van der Waals surface area (Å²) >= 11 is 0. The maximum Gasteiger partial charge on any atom is 0.256 e. The molecule has 4 aromatic rings. The van der Waals surface area contributed by atoms with Gasteiger partial charge in [0, 0.05) is 54.9 Å². The maximum atomic E-state index is 13.1. The molecule has 4 heterocycles. The van der Waals surface area contributed by atoms with Gasteiger partial charge >= 0.3 is 0 Å². The predicted octanol–water partition coefficient (Wildman–Crippen LogP) is 2.61. The van der Waals surface area contributed by atoms with Crippen LogP contribution in [0.25, 0.3) is 11.0 Å². The van der Waals surface area contributed by atoms with Crippen molar-refractivity contribution in [1.29, 1.82) is 0 Å². The van der Waals surface area contributed by atoms with Gasteiger partial charge in [0.25, 0.3) is 5.56 Å². The van der Waals surface area contributed by atoms with Gasteiger partial charge in [0.05, 0.1) is 18.1 Å². The highest BCUT2D eigenvalue weighted by molar-refractivity contribution is 5.84. The summed E-state index contributed by atoms with van der Waals surface area (Å²) in [6, 6.07) is 8.19. The minimum absolute atomic E-state index is 0.192. The summed E-state index contributed by atoms with van der Waals surface area (Å²) in [5.74, 6) is 3.54.